The van der Waals surface area contributed by atoms with Gasteiger partial charge in [-0.05, 0) is 18.6 Å². The summed E-state index contributed by atoms with van der Waals surface area (Å²) in [6.07, 6.45) is 2.60. The number of nitrogens with zero attached hydrogens (tertiary/aromatic N) is 4. The zero-order valence-corrected chi connectivity index (χ0v) is 20.2. The Bertz CT molecular complexity index is 1120. The van der Waals surface area contributed by atoms with E-state index < -0.39 is 25.6 Å². The highest BCUT2D eigenvalue weighted by atomic mass is 32.7. The van der Waals surface area contributed by atoms with Gasteiger partial charge in [-0.15, -0.1) is 0 Å². The third-order valence-electron chi connectivity index (χ3n) is 5.30. The lowest BCUT2D eigenvalue weighted by atomic mass is 10.2. The topological polar surface area (TPSA) is 141 Å². The van der Waals surface area contributed by atoms with E-state index in [0.29, 0.717) is 23.3 Å². The van der Waals surface area contributed by atoms with Crippen LogP contribution in [0.15, 0.2) is 43.0 Å². The van der Waals surface area contributed by atoms with Gasteiger partial charge < -0.3 is 27.4 Å². The number of imidazole rings is 1. The molecule has 0 spiro atoms. The van der Waals surface area contributed by atoms with Gasteiger partial charge in [0.15, 0.2) is 17.0 Å². The van der Waals surface area contributed by atoms with E-state index in [2.05, 4.69) is 20.3 Å². The number of fused-ring (bicyclic) bond motifs is 1. The Kier molecular flexibility index (Phi) is 8.10. The van der Waals surface area contributed by atoms with Crippen molar-refractivity contribution in [2.45, 2.75) is 44.6 Å². The standard InChI is InChI=1S/C21H26N5O6PS/c1-2-3-9-30-33(29,34)31-11-16-15(27)10-17(32-16)26-13-24-18-19(22-12-23-20(18)26)25-21(28)14-7-5-4-6-8-14/h4-8,12-13,15-17,27H,2-3,9-11H2,1H3,(H,29,34)(H,22,23,25,28)/t15-,16+,17+,33?/m0/s1. The van der Waals surface area contributed by atoms with Gasteiger partial charge in [0, 0.05) is 12.0 Å². The van der Waals surface area contributed by atoms with Crippen molar-refractivity contribution < 1.29 is 28.6 Å². The van der Waals surface area contributed by atoms with Gasteiger partial charge in [0.2, 0.25) is 0 Å². The summed E-state index contributed by atoms with van der Waals surface area (Å²) < 4.78 is 18.2. The summed E-state index contributed by atoms with van der Waals surface area (Å²) in [4.78, 5) is 35.4. The second-order valence-electron chi connectivity index (χ2n) is 7.75. The molecule has 11 nitrogen and oxygen atoms in total. The summed E-state index contributed by atoms with van der Waals surface area (Å²) in [5.74, 6) is -0.0537. The molecule has 182 valence electrons. The minimum atomic E-state index is -3.40. The summed E-state index contributed by atoms with van der Waals surface area (Å²) in [5.41, 5.74) is 1.31. The van der Waals surface area contributed by atoms with Crippen LogP contribution in [0.4, 0.5) is 5.82 Å². The molecule has 3 N–H and O–H groups in total. The average Bonchev–Trinajstić information content (AvgIpc) is 3.42. The number of aliphatic hydroxyl groups excluding tert-OH is 1. The van der Waals surface area contributed by atoms with Gasteiger partial charge in [0.1, 0.15) is 25.3 Å². The van der Waals surface area contributed by atoms with Gasteiger partial charge in [-0.25, -0.2) is 19.8 Å². The number of ether oxygens (including phenoxy) is 1. The van der Waals surface area contributed by atoms with E-state index in [1.807, 2.05) is 13.0 Å². The molecule has 0 saturated carbocycles. The molecule has 13 heteroatoms. The summed E-state index contributed by atoms with van der Waals surface area (Å²) >= 11 is 5.00. The fourth-order valence-electron chi connectivity index (χ4n) is 3.49. The molecule has 3 heterocycles. The van der Waals surface area contributed by atoms with E-state index in [1.165, 1.54) is 12.7 Å². The molecule has 3 aromatic rings. The normalized spacial score (nSPS) is 22.1. The molecule has 1 saturated heterocycles. The van der Waals surface area contributed by atoms with Crippen LogP contribution in [0.5, 0.6) is 0 Å². The molecule has 2 aromatic heterocycles. The molecular weight excluding hydrogens is 481 g/mol. The number of rotatable bonds is 10. The third kappa shape index (κ3) is 5.89. The largest absolute Gasteiger partial charge is 0.459 e. The molecule has 0 radical (unpaired) electrons. The Hall–Kier alpha value is -2.18. The third-order valence-corrected chi connectivity index (χ3v) is 6.91. The first-order valence-corrected chi connectivity index (χ1v) is 13.5. The zero-order valence-electron chi connectivity index (χ0n) is 18.5. The van der Waals surface area contributed by atoms with Gasteiger partial charge in [-0.2, -0.15) is 9.05 Å². The smallest absolute Gasteiger partial charge is 0.286 e. The van der Waals surface area contributed by atoms with Gasteiger partial charge in [-0.1, -0.05) is 31.5 Å². The number of hydrogen-bond donors (Lipinski definition) is 3. The number of anilines is 1. The summed E-state index contributed by atoms with van der Waals surface area (Å²) in [5, 5.41) is 13.2. The number of amides is 1. The molecule has 1 fully saturated rings. The van der Waals surface area contributed by atoms with E-state index >= 15 is 0 Å². The number of hydrogen-bond acceptors (Lipinski definition) is 10. The summed E-state index contributed by atoms with van der Waals surface area (Å²) in [7, 11) is -3.40. The maximum absolute atomic E-state index is 12.5. The van der Waals surface area contributed by atoms with E-state index in [4.69, 9.17) is 26.0 Å². The van der Waals surface area contributed by atoms with E-state index in [1.54, 1.807) is 28.8 Å². The molecule has 1 aliphatic rings. The minimum absolute atomic E-state index is 0.114. The highest BCUT2D eigenvalue weighted by Crippen LogP contribution is 2.55. The number of unbranched alkanes of at least 4 members (excludes halogenated alkanes) is 1. The van der Waals surface area contributed by atoms with Crippen molar-refractivity contribution in [1.82, 2.24) is 19.5 Å². The number of benzene rings is 1. The number of nitrogens with one attached hydrogen (secondary N) is 1. The van der Waals surface area contributed by atoms with Crippen molar-refractivity contribution in [1.29, 1.82) is 0 Å². The van der Waals surface area contributed by atoms with Crippen LogP contribution < -0.4 is 5.32 Å². The van der Waals surface area contributed by atoms with E-state index in [0.717, 1.165) is 12.8 Å². The fraction of sp³-hybridized carbons (Fsp3) is 0.429. The second kappa shape index (κ2) is 11.0. The molecule has 0 aliphatic carbocycles. The van der Waals surface area contributed by atoms with Crippen LogP contribution >= 0.6 is 7.15 Å². The highest BCUT2D eigenvalue weighted by Gasteiger charge is 2.38. The van der Waals surface area contributed by atoms with Crippen LogP contribution in [0.1, 0.15) is 42.8 Å². The predicted molar refractivity (Wildman–Crippen MR) is 128 cm³/mol. The van der Waals surface area contributed by atoms with Crippen LogP contribution in [0.2, 0.25) is 0 Å². The quantitative estimate of drug-likeness (QED) is 0.213. The monoisotopic (exact) mass is 507 g/mol. The molecule has 4 atom stereocenters. The minimum Gasteiger partial charge on any atom is -0.459 e. The Morgan fingerprint density at radius 2 is 2.09 bits per heavy atom. The number of carbonyl (C=O) groups excluding carboxylic acids is 1. The Balaban J connectivity index is 1.43. The molecule has 34 heavy (non-hydrogen) atoms. The number of aromatic nitrogens is 4. The molecular formula is C21H26N5O6PS. The lowest BCUT2D eigenvalue weighted by molar-refractivity contribution is -0.0412. The Morgan fingerprint density at radius 3 is 2.85 bits per heavy atom. The maximum atomic E-state index is 12.5. The Morgan fingerprint density at radius 1 is 1.29 bits per heavy atom. The molecule has 1 unspecified atom stereocenters. The summed E-state index contributed by atoms with van der Waals surface area (Å²) in [6.45, 7) is 2.20. The van der Waals surface area contributed by atoms with Crippen molar-refractivity contribution in [2.75, 3.05) is 18.5 Å². The van der Waals surface area contributed by atoms with Crippen LogP contribution in [-0.2, 0) is 26.0 Å². The van der Waals surface area contributed by atoms with Crippen molar-refractivity contribution in [3.05, 3.63) is 48.5 Å². The number of carbonyl (C=O) groups is 1. The molecule has 1 aromatic carbocycles. The van der Waals surface area contributed by atoms with Gasteiger partial charge >= 0.3 is 0 Å². The first-order chi connectivity index (χ1) is 16.4. The SMILES string of the molecule is CCCCO[P+](O)([S-])OC[C@H]1O[C@@H](n2cnc3c(NC(=O)c4ccccc4)ncnc32)C[C@@H]1O. The van der Waals surface area contributed by atoms with Crippen LogP contribution in [0.25, 0.3) is 11.2 Å². The summed E-state index contributed by atoms with van der Waals surface area (Å²) in [6, 6.07) is 8.77. The second-order valence-corrected chi connectivity index (χ2v) is 10.6. The van der Waals surface area contributed by atoms with Gasteiger partial charge in [0.05, 0.1) is 19.0 Å². The predicted octanol–water partition coefficient (Wildman–Crippen LogP) is 2.78. The van der Waals surface area contributed by atoms with Crippen molar-refractivity contribution in [3.8, 4) is 0 Å². The average molecular weight is 508 g/mol. The van der Waals surface area contributed by atoms with Crippen molar-refractivity contribution in [3.63, 3.8) is 0 Å². The van der Waals surface area contributed by atoms with Crippen LogP contribution in [0.3, 0.4) is 0 Å². The number of aliphatic hydroxyl groups is 1. The Labute approximate surface area is 202 Å². The first-order valence-electron chi connectivity index (χ1n) is 10.9. The molecule has 1 aliphatic heterocycles. The van der Waals surface area contributed by atoms with Gasteiger partial charge in [0.25, 0.3) is 13.1 Å². The first kappa shape index (κ1) is 24.9. The van der Waals surface area contributed by atoms with E-state index in [9.17, 15) is 14.8 Å². The fourth-order valence-corrected chi connectivity index (χ4v) is 4.66. The molecule has 4 rings (SSSR count). The van der Waals surface area contributed by atoms with Crippen LogP contribution in [0, 0.1) is 0 Å². The van der Waals surface area contributed by atoms with Crippen molar-refractivity contribution >= 4 is 42.3 Å². The highest BCUT2D eigenvalue weighted by molar-refractivity contribution is 8.35. The zero-order chi connectivity index (χ0) is 24.1. The lowest BCUT2D eigenvalue weighted by Crippen LogP contribution is -2.26. The lowest BCUT2D eigenvalue weighted by Gasteiger charge is -2.23. The van der Waals surface area contributed by atoms with Gasteiger partial charge in [-0.3, -0.25) is 9.36 Å². The van der Waals surface area contributed by atoms with Crippen LogP contribution in [-0.4, -0.2) is 60.8 Å². The molecule has 0 bridgehead atoms. The van der Waals surface area contributed by atoms with E-state index in [-0.39, 0.29) is 24.8 Å². The molecule has 1 amide bonds. The maximum Gasteiger partial charge on any atom is 0.286 e. The van der Waals surface area contributed by atoms with Crippen molar-refractivity contribution in [2.24, 2.45) is 0 Å².